The Hall–Kier alpha value is -2.14. The van der Waals surface area contributed by atoms with Gasteiger partial charge >= 0.3 is 5.97 Å². The molecule has 0 aromatic heterocycles. The Morgan fingerprint density at radius 3 is 2.68 bits per heavy atom. The van der Waals surface area contributed by atoms with Gasteiger partial charge in [-0.25, -0.2) is 0 Å². The van der Waals surface area contributed by atoms with Gasteiger partial charge in [0.2, 0.25) is 5.91 Å². The molecule has 1 N–H and O–H groups in total. The number of hydrogen-bond acceptors (Lipinski definition) is 4. The minimum atomic E-state index is -0.480. The van der Waals surface area contributed by atoms with Gasteiger partial charge in [0, 0.05) is 19.4 Å². The van der Waals surface area contributed by atoms with Crippen LogP contribution in [0.4, 0.5) is 0 Å². The van der Waals surface area contributed by atoms with Crippen LogP contribution in [0.15, 0.2) is 42.5 Å². The number of nitrogens with zero attached hydrogens (tertiary/aromatic N) is 1. The Morgan fingerprint density at radius 2 is 1.94 bits per heavy atom. The Labute approximate surface area is 187 Å². The van der Waals surface area contributed by atoms with Crippen molar-refractivity contribution in [2.75, 3.05) is 13.7 Å². The zero-order chi connectivity index (χ0) is 22.5. The van der Waals surface area contributed by atoms with Crippen LogP contribution >= 0.6 is 0 Å². The molecule has 0 aliphatic carbocycles. The van der Waals surface area contributed by atoms with Gasteiger partial charge < -0.3 is 14.7 Å². The molecule has 172 valence electrons. The van der Waals surface area contributed by atoms with E-state index in [4.69, 9.17) is 0 Å². The lowest BCUT2D eigenvalue weighted by atomic mass is 9.95. The highest BCUT2D eigenvalue weighted by atomic mass is 16.5. The third-order valence-corrected chi connectivity index (χ3v) is 6.21. The highest BCUT2D eigenvalue weighted by Gasteiger charge is 2.28. The average Bonchev–Trinajstić information content (AvgIpc) is 3.14. The van der Waals surface area contributed by atoms with Gasteiger partial charge in [-0.1, -0.05) is 62.2 Å². The number of aliphatic hydroxyl groups is 1. The first-order chi connectivity index (χ1) is 15.0. The molecule has 1 aliphatic rings. The van der Waals surface area contributed by atoms with Gasteiger partial charge in [-0.3, -0.25) is 9.59 Å². The second-order valence-electron chi connectivity index (χ2n) is 8.66. The Kier molecular flexibility index (Phi) is 11.4. The fourth-order valence-corrected chi connectivity index (χ4v) is 4.13. The smallest absolute Gasteiger partial charge is 0.305 e. The van der Waals surface area contributed by atoms with Crippen molar-refractivity contribution >= 4 is 11.9 Å². The molecule has 1 heterocycles. The molecule has 1 unspecified atom stereocenters. The number of rotatable bonds is 14. The number of aliphatic hydroxyl groups excluding tert-OH is 1. The highest BCUT2D eigenvalue weighted by Crippen LogP contribution is 2.22. The van der Waals surface area contributed by atoms with Gasteiger partial charge in [0.25, 0.3) is 0 Å². The van der Waals surface area contributed by atoms with E-state index >= 15 is 0 Å². The summed E-state index contributed by atoms with van der Waals surface area (Å²) in [7, 11) is 1.41. The van der Waals surface area contributed by atoms with Gasteiger partial charge in [0.05, 0.1) is 19.3 Å². The van der Waals surface area contributed by atoms with Crippen molar-refractivity contribution in [3.05, 3.63) is 48.0 Å². The summed E-state index contributed by atoms with van der Waals surface area (Å²) < 4.78 is 4.65. The molecule has 1 aromatic rings. The van der Waals surface area contributed by atoms with Crippen LogP contribution in [0.3, 0.4) is 0 Å². The number of amides is 1. The van der Waals surface area contributed by atoms with Crippen molar-refractivity contribution in [3.8, 4) is 0 Å². The summed E-state index contributed by atoms with van der Waals surface area (Å²) in [5, 5.41) is 10.5. The normalized spacial score (nSPS) is 18.5. The molecule has 1 fully saturated rings. The molecule has 1 aromatic carbocycles. The molecule has 0 bridgehead atoms. The van der Waals surface area contributed by atoms with E-state index in [2.05, 4.69) is 35.9 Å². The average molecular weight is 430 g/mol. The van der Waals surface area contributed by atoms with Gasteiger partial charge in [-0.05, 0) is 50.0 Å². The van der Waals surface area contributed by atoms with E-state index in [-0.39, 0.29) is 23.8 Å². The molecule has 0 saturated carbocycles. The van der Waals surface area contributed by atoms with Crippen LogP contribution in [0.5, 0.6) is 0 Å². The molecule has 3 atom stereocenters. The lowest BCUT2D eigenvalue weighted by molar-refractivity contribution is -0.140. The topological polar surface area (TPSA) is 66.8 Å². The highest BCUT2D eigenvalue weighted by molar-refractivity contribution is 5.79. The number of carbonyl (C=O) groups is 2. The molecule has 1 saturated heterocycles. The number of likely N-dealkylation sites (tertiary alicyclic amines) is 1. The summed E-state index contributed by atoms with van der Waals surface area (Å²) in [6.45, 7) is 2.83. The van der Waals surface area contributed by atoms with E-state index in [1.54, 1.807) is 0 Å². The third kappa shape index (κ3) is 9.26. The predicted molar refractivity (Wildman–Crippen MR) is 124 cm³/mol. The van der Waals surface area contributed by atoms with E-state index < -0.39 is 6.10 Å². The maximum absolute atomic E-state index is 12.3. The van der Waals surface area contributed by atoms with Crippen LogP contribution in [0, 0.1) is 5.92 Å². The van der Waals surface area contributed by atoms with Crippen LogP contribution in [-0.2, 0) is 20.7 Å². The molecule has 1 aliphatic heterocycles. The monoisotopic (exact) mass is 429 g/mol. The fraction of sp³-hybridized carbons (Fsp3) is 0.615. The van der Waals surface area contributed by atoms with Crippen LogP contribution < -0.4 is 0 Å². The SMILES string of the molecule is COC(=O)CCCCCCN1C(=O)CC[C@@H]1C=C[C@H](O)C(C)CCCc1ccccc1. The Bertz CT molecular complexity index is 688. The zero-order valence-corrected chi connectivity index (χ0v) is 19.2. The van der Waals surface area contributed by atoms with Crippen LogP contribution in [0.2, 0.25) is 0 Å². The fourth-order valence-electron chi connectivity index (χ4n) is 4.13. The molecule has 0 radical (unpaired) electrons. The standard InChI is InChI=1S/C26H39NO4/c1-21(11-10-14-22-12-6-5-7-13-22)24(28)18-16-23-17-19-25(29)27(23)20-9-4-3-8-15-26(30)31-2/h5-7,12-13,16,18,21,23-24,28H,3-4,8-11,14-15,17,19-20H2,1-2H3/t21?,23-,24-/m0/s1. The number of hydrogen-bond donors (Lipinski definition) is 1. The summed E-state index contributed by atoms with van der Waals surface area (Å²) in [4.78, 5) is 25.3. The van der Waals surface area contributed by atoms with Crippen molar-refractivity contribution < 1.29 is 19.4 Å². The van der Waals surface area contributed by atoms with Crippen molar-refractivity contribution in [2.45, 2.75) is 83.3 Å². The molecule has 5 heteroatoms. The maximum Gasteiger partial charge on any atom is 0.305 e. The Morgan fingerprint density at radius 1 is 1.19 bits per heavy atom. The number of carbonyl (C=O) groups excluding carboxylic acids is 2. The first kappa shape index (κ1) is 25.1. The number of ether oxygens (including phenoxy) is 1. The van der Waals surface area contributed by atoms with E-state index in [0.29, 0.717) is 12.8 Å². The molecule has 2 rings (SSSR count). The number of benzene rings is 1. The molecular formula is C26H39NO4. The number of esters is 1. The predicted octanol–water partition coefficient (Wildman–Crippen LogP) is 4.68. The number of unbranched alkanes of at least 4 members (excludes halogenated alkanes) is 3. The van der Waals surface area contributed by atoms with Crippen molar-refractivity contribution in [1.29, 1.82) is 0 Å². The second kappa shape index (κ2) is 14.0. The van der Waals surface area contributed by atoms with Gasteiger partial charge in [0.15, 0.2) is 0 Å². The summed E-state index contributed by atoms with van der Waals surface area (Å²) >= 11 is 0. The van der Waals surface area contributed by atoms with Crippen LogP contribution in [0.25, 0.3) is 0 Å². The van der Waals surface area contributed by atoms with Gasteiger partial charge in [-0.15, -0.1) is 0 Å². The summed E-state index contributed by atoms with van der Waals surface area (Å²) in [5.74, 6) is 0.239. The van der Waals surface area contributed by atoms with Gasteiger partial charge in [-0.2, -0.15) is 0 Å². The minimum absolute atomic E-state index is 0.0914. The summed E-state index contributed by atoms with van der Waals surface area (Å²) in [5.41, 5.74) is 1.34. The summed E-state index contributed by atoms with van der Waals surface area (Å²) in [6.07, 6.45) is 12.1. The van der Waals surface area contributed by atoms with Crippen LogP contribution in [0.1, 0.15) is 70.3 Å². The summed E-state index contributed by atoms with van der Waals surface area (Å²) in [6, 6.07) is 10.5. The van der Waals surface area contributed by atoms with Gasteiger partial charge in [0.1, 0.15) is 0 Å². The van der Waals surface area contributed by atoms with Crippen LogP contribution in [-0.4, -0.2) is 47.7 Å². The molecule has 1 amide bonds. The van der Waals surface area contributed by atoms with E-state index in [0.717, 1.165) is 57.9 Å². The molecule has 0 spiro atoms. The third-order valence-electron chi connectivity index (χ3n) is 6.21. The quantitative estimate of drug-likeness (QED) is 0.265. The molecule has 31 heavy (non-hydrogen) atoms. The lowest BCUT2D eigenvalue weighted by Gasteiger charge is -2.23. The second-order valence-corrected chi connectivity index (χ2v) is 8.66. The maximum atomic E-state index is 12.3. The largest absolute Gasteiger partial charge is 0.469 e. The lowest BCUT2D eigenvalue weighted by Crippen LogP contribution is -2.33. The van der Waals surface area contributed by atoms with E-state index in [1.807, 2.05) is 23.1 Å². The number of aryl methyl sites for hydroxylation is 1. The minimum Gasteiger partial charge on any atom is -0.469 e. The Balaban J connectivity index is 1.68. The van der Waals surface area contributed by atoms with E-state index in [9.17, 15) is 14.7 Å². The van der Waals surface area contributed by atoms with Crippen molar-refractivity contribution in [2.24, 2.45) is 5.92 Å². The van der Waals surface area contributed by atoms with E-state index in [1.165, 1.54) is 12.7 Å². The van der Waals surface area contributed by atoms with Crippen molar-refractivity contribution in [3.63, 3.8) is 0 Å². The van der Waals surface area contributed by atoms with Crippen molar-refractivity contribution in [1.82, 2.24) is 4.90 Å². The number of methoxy groups -OCH3 is 1. The molecule has 5 nitrogen and oxygen atoms in total. The first-order valence-electron chi connectivity index (χ1n) is 11.8. The molecular weight excluding hydrogens is 390 g/mol. The first-order valence-corrected chi connectivity index (χ1v) is 11.8. The zero-order valence-electron chi connectivity index (χ0n) is 19.2.